The monoisotopic (exact) mass is 1930 g/mol. The molecule has 2 aromatic carbocycles. The first kappa shape index (κ1) is 108. The number of rotatable bonds is 39. The Morgan fingerprint density at radius 3 is 1.27 bits per heavy atom. The molecule has 6 saturated carbocycles. The number of benzene rings is 2. The number of nitrogens with two attached hydrogens (primary N) is 1. The maximum Gasteiger partial charge on any atom is 0.356 e. The fourth-order valence-corrected chi connectivity index (χ4v) is 22.0. The number of carbonyl (C=O) groups is 14. The fraction of sp³-hybridized carbons (Fsp3) is 0.679. The number of hydrogen-bond acceptors (Lipinski definition) is 27. The van der Waals surface area contributed by atoms with Crippen LogP contribution in [0.25, 0.3) is 0 Å². The van der Waals surface area contributed by atoms with Crippen molar-refractivity contribution in [2.45, 2.75) is 323 Å². The number of carboxylic acid groups (broad SMARTS) is 1. The number of aryl methyl sites for hydroxylation is 2. The minimum absolute atomic E-state index is 0.0108. The number of fused-ring (bicyclic) bond motifs is 4. The summed E-state index contributed by atoms with van der Waals surface area (Å²) in [6.45, 7) is 29.4. The molecule has 2 saturated heterocycles. The molecule has 2 aromatic heterocycles. The Morgan fingerprint density at radius 2 is 0.878 bits per heavy atom. The van der Waals surface area contributed by atoms with Crippen LogP contribution < -0.4 is 21.7 Å². The van der Waals surface area contributed by atoms with Crippen LogP contribution in [-0.4, -0.2) is 253 Å². The van der Waals surface area contributed by atoms with E-state index in [1.54, 1.807) is 25.7 Å². The Balaban J connectivity index is 0.000000207. The fourth-order valence-electron chi connectivity index (χ4n) is 22.0. The highest BCUT2D eigenvalue weighted by Gasteiger charge is 2.56. The Labute approximate surface area is 818 Å². The van der Waals surface area contributed by atoms with Crippen molar-refractivity contribution in [1.82, 2.24) is 44.9 Å². The number of nitrogens with zero attached hydrogens (tertiary/aromatic N) is 8. The van der Waals surface area contributed by atoms with E-state index >= 15 is 0 Å². The zero-order valence-electron chi connectivity index (χ0n) is 83.8. The van der Waals surface area contributed by atoms with Gasteiger partial charge in [0.1, 0.15) is 52.2 Å². The number of esters is 2. The van der Waals surface area contributed by atoms with E-state index in [1.807, 2.05) is 113 Å². The van der Waals surface area contributed by atoms with Gasteiger partial charge in [-0.25, -0.2) is 34.3 Å². The summed E-state index contributed by atoms with van der Waals surface area (Å²) >= 11 is 0. The Kier molecular flexibility index (Phi) is 37.9. The number of aromatic carboxylic acids is 1. The molecule has 6 aliphatic carbocycles. The molecule has 139 heavy (non-hydrogen) atoms. The second-order valence-electron chi connectivity index (χ2n) is 43.7. The van der Waals surface area contributed by atoms with Gasteiger partial charge in [-0.2, -0.15) is 0 Å². The van der Waals surface area contributed by atoms with Gasteiger partial charge in [0.25, 0.3) is 17.7 Å². The third kappa shape index (κ3) is 29.1. The van der Waals surface area contributed by atoms with Gasteiger partial charge in [-0.05, 0) is 212 Å². The van der Waals surface area contributed by atoms with Crippen LogP contribution in [0, 0.1) is 58.2 Å². The lowest BCUT2D eigenvalue weighted by Gasteiger charge is -2.37. The SMILES string of the molecule is CC(C)(C)OC(=O)[C@@H]1[C@H]2CCC[C@H]2CN1C(=O)[C@@H](CC(=O)[C@@H](N)C1CCCCC1)C(C)(C)C.CC(C)(C)OC(=O)[C@@H]1[C@H]2CCC[C@H]2CN1C(=O)[C@@H](CC(=O)[C@@H](NC(=O)c1cnc(NCCOCCOCCCc2cccc3c2CN(C2CCC(=O)CC2=O)C3=O)cn1)C1CCCCC1)C(C)(C)C.O=C1CCC(N2Cc3c(CCCOCCOCCNc4cnc(C(=O)O)cn4)cccc3C2=O)C(=O)C1. The third-order valence-electron chi connectivity index (χ3n) is 29.3. The molecule has 6 heterocycles. The molecule has 33 heteroatoms. The lowest BCUT2D eigenvalue weighted by atomic mass is 9.74. The minimum atomic E-state index is -1.12. The van der Waals surface area contributed by atoms with E-state index in [-0.39, 0.29) is 137 Å². The number of ether oxygens (including phenoxy) is 6. The Bertz CT molecular complexity index is 4990. The molecule has 8 fully saturated rings. The predicted molar refractivity (Wildman–Crippen MR) is 518 cm³/mol. The van der Waals surface area contributed by atoms with Gasteiger partial charge in [0.05, 0.1) is 101 Å². The van der Waals surface area contributed by atoms with Gasteiger partial charge in [0, 0.05) is 101 Å². The summed E-state index contributed by atoms with van der Waals surface area (Å²) < 4.78 is 34.3. The molecule has 2 unspecified atom stereocenters. The third-order valence-corrected chi connectivity index (χ3v) is 29.3. The predicted octanol–water partition coefficient (Wildman–Crippen LogP) is 12.9. The number of hydrogen-bond donors (Lipinski definition) is 5. The van der Waals surface area contributed by atoms with Crippen LogP contribution in [0.5, 0.6) is 0 Å². The van der Waals surface area contributed by atoms with E-state index in [2.05, 4.69) is 35.9 Å². The van der Waals surface area contributed by atoms with Gasteiger partial charge >= 0.3 is 17.9 Å². The first-order valence-corrected chi connectivity index (χ1v) is 50.9. The zero-order valence-corrected chi connectivity index (χ0v) is 83.8. The van der Waals surface area contributed by atoms with Gasteiger partial charge in [0.2, 0.25) is 11.8 Å². The molecule has 4 aromatic rings. The van der Waals surface area contributed by atoms with Crippen LogP contribution >= 0.6 is 0 Å². The summed E-state index contributed by atoms with van der Waals surface area (Å²) in [5.74, 6) is -2.83. The van der Waals surface area contributed by atoms with Crippen molar-refractivity contribution in [2.75, 3.05) is 89.7 Å². The van der Waals surface area contributed by atoms with Crippen molar-refractivity contribution in [3.05, 3.63) is 106 Å². The highest BCUT2D eigenvalue weighted by Crippen LogP contribution is 2.48. The molecular formula is C106H150N12O21. The van der Waals surface area contributed by atoms with Crippen LogP contribution in [0.1, 0.15) is 314 Å². The maximum absolute atomic E-state index is 14.6. The summed E-state index contributed by atoms with van der Waals surface area (Å²) in [7, 11) is 0. The lowest BCUT2D eigenvalue weighted by molar-refractivity contribution is -0.166. The number of carbonyl (C=O) groups excluding carboxylic acids is 13. The second-order valence-corrected chi connectivity index (χ2v) is 43.7. The van der Waals surface area contributed by atoms with Crippen LogP contribution in [0.4, 0.5) is 11.6 Å². The number of likely N-dealkylation sites (tertiary alicyclic amines) is 2. The van der Waals surface area contributed by atoms with Gasteiger partial charge in [0.15, 0.2) is 28.8 Å². The molecule has 0 spiro atoms. The van der Waals surface area contributed by atoms with Crippen molar-refractivity contribution < 1.29 is 101 Å². The molecule has 0 bridgehead atoms. The van der Waals surface area contributed by atoms with E-state index in [0.29, 0.717) is 146 Å². The number of ketones is 6. The number of Topliss-reactive ketones (excluding diaryl/α,β-unsaturated/α-hetero) is 6. The van der Waals surface area contributed by atoms with E-state index < -0.39 is 82.0 Å². The van der Waals surface area contributed by atoms with Crippen molar-refractivity contribution in [3.63, 3.8) is 0 Å². The van der Waals surface area contributed by atoms with Crippen LogP contribution in [-0.2, 0) is 102 Å². The van der Waals surface area contributed by atoms with E-state index in [1.165, 1.54) is 31.2 Å². The van der Waals surface area contributed by atoms with Crippen molar-refractivity contribution in [1.29, 1.82) is 0 Å². The lowest BCUT2D eigenvalue weighted by Crippen LogP contribution is -2.52. The Hall–Kier alpha value is -10.2. The Morgan fingerprint density at radius 1 is 0.468 bits per heavy atom. The number of carboxylic acids is 1. The number of anilines is 2. The highest BCUT2D eigenvalue weighted by atomic mass is 16.6. The summed E-state index contributed by atoms with van der Waals surface area (Å²) in [6.07, 6.45) is 25.8. The van der Waals surface area contributed by atoms with Crippen LogP contribution in [0.15, 0.2) is 61.2 Å². The molecule has 760 valence electrons. The quantitative estimate of drug-likeness (QED) is 0.0157. The highest BCUT2D eigenvalue weighted by molar-refractivity contribution is 6.09. The van der Waals surface area contributed by atoms with Crippen LogP contribution in [0.2, 0.25) is 0 Å². The summed E-state index contributed by atoms with van der Waals surface area (Å²) in [5.41, 5.74) is 9.42. The van der Waals surface area contributed by atoms with Gasteiger partial charge in [-0.3, -0.25) is 52.7 Å². The molecule has 0 radical (unpaired) electrons. The first-order chi connectivity index (χ1) is 66.1. The van der Waals surface area contributed by atoms with Crippen molar-refractivity contribution in [2.24, 2.45) is 63.9 Å². The number of nitrogens with one attached hydrogen (secondary N) is 3. The topological polar surface area (TPSA) is 441 Å². The molecule has 14 rings (SSSR count). The average Bonchev–Trinajstić information content (AvgIpc) is 1.63. The number of amides is 5. The minimum Gasteiger partial charge on any atom is -0.476 e. The summed E-state index contributed by atoms with van der Waals surface area (Å²) in [5, 5.41) is 18.0. The van der Waals surface area contributed by atoms with Gasteiger partial charge in [-0.15, -0.1) is 0 Å². The molecule has 33 nitrogen and oxygen atoms in total. The average molecular weight is 1930 g/mol. The second kappa shape index (κ2) is 49.0. The van der Waals surface area contributed by atoms with Crippen molar-refractivity contribution >= 4 is 93.8 Å². The maximum atomic E-state index is 14.6. The molecule has 6 N–H and O–H groups in total. The summed E-state index contributed by atoms with van der Waals surface area (Å²) in [4.78, 5) is 205. The standard InChI is InChI=1S/C53H74N6O10.C27H46N2O4.C26H30N4O7/c1-52(2,3)40(50(65)59-31-35-16-11-18-37(35)47(59)51(66)69-53(4,5)6)28-44(62)46(34-13-8-7-9-14-34)57-48(63)41-29-56-45(30-55-41)54-22-24-68-26-25-67-23-12-17-33-15-10-19-38-39(33)32-58(49(38)64)42-21-20-36(60)27-43(42)61;1-26(2,3)20(15-21(30)22(28)17-11-8-7-9-12-17)24(31)29-16-18-13-10-14-19(18)23(29)25(32)33-27(4,5)6;31-18-6-7-22(23(32)13-18)30-16-20-17(3-1-5-19(20)25(30)33)4-2-9-36-11-12-37-10-8-27-24-15-28-21(14-29-24)26(34)35/h10,15,19,29-30,34-35,37,40,42,46-47H,7-9,11-14,16-18,20-28,31-32H2,1-6H3,(H,54,56)(H,57,63);17-20,22-23H,7-16,28H2,1-6H3;1,3,5,14-15,22H,2,4,6-13,16H2,(H,27,29)(H,34,35)/t35-,37-,40+,42?,46-,47-;18-,19-,20+,22-,23-;/m00./s1. The first-order valence-electron chi connectivity index (χ1n) is 50.9. The normalized spacial score (nSPS) is 22.7. The number of aromatic nitrogens is 4. The smallest absolute Gasteiger partial charge is 0.356 e. The largest absolute Gasteiger partial charge is 0.476 e. The van der Waals surface area contributed by atoms with E-state index in [0.717, 1.165) is 144 Å². The van der Waals surface area contributed by atoms with E-state index in [9.17, 15) is 67.1 Å². The van der Waals surface area contributed by atoms with Gasteiger partial charge < -0.3 is 74.8 Å². The molecular weight excluding hydrogens is 1780 g/mol. The molecule has 4 aliphatic heterocycles. The van der Waals surface area contributed by atoms with Crippen molar-refractivity contribution in [3.8, 4) is 0 Å². The zero-order chi connectivity index (χ0) is 100. The van der Waals surface area contributed by atoms with E-state index in [4.69, 9.17) is 39.3 Å². The molecule has 10 aliphatic rings. The van der Waals surface area contributed by atoms with Gasteiger partial charge in [-0.1, -0.05) is 117 Å². The molecule has 5 amide bonds. The molecule has 12 atom stereocenters. The summed E-state index contributed by atoms with van der Waals surface area (Å²) in [6, 6.07) is 7.84. The van der Waals surface area contributed by atoms with Crippen LogP contribution in [0.3, 0.4) is 0 Å².